The highest BCUT2D eigenvalue weighted by atomic mass is 35.5. The maximum absolute atomic E-state index is 13.1. The number of carbonyl (C=O) groups is 2. The Balaban J connectivity index is 1.45. The quantitative estimate of drug-likeness (QED) is 0.710. The van der Waals surface area contributed by atoms with E-state index in [1.165, 1.54) is 28.8 Å². The Bertz CT molecular complexity index is 1110. The number of halogens is 1. The van der Waals surface area contributed by atoms with Crippen molar-refractivity contribution in [1.82, 2.24) is 9.21 Å². The minimum absolute atomic E-state index is 0.0144. The molecule has 4 rings (SSSR count). The molecule has 0 aliphatic carbocycles. The Kier molecular flexibility index (Phi) is 5.54. The van der Waals surface area contributed by atoms with Crippen LogP contribution in [0.2, 0.25) is 5.02 Å². The van der Waals surface area contributed by atoms with Crippen molar-refractivity contribution >= 4 is 45.2 Å². The summed E-state index contributed by atoms with van der Waals surface area (Å²) in [7, 11) is -3.90. The molecule has 2 aromatic rings. The first-order valence-corrected chi connectivity index (χ1v) is 10.9. The summed E-state index contributed by atoms with van der Waals surface area (Å²) in [5.74, 6) is 0.245. The van der Waals surface area contributed by atoms with Gasteiger partial charge in [0.05, 0.1) is 17.0 Å². The number of ether oxygens (including phenoxy) is 1. The van der Waals surface area contributed by atoms with Gasteiger partial charge in [-0.3, -0.25) is 9.59 Å². The van der Waals surface area contributed by atoms with Crippen molar-refractivity contribution in [2.45, 2.75) is 4.90 Å². The number of sulfonamides is 1. The summed E-state index contributed by atoms with van der Waals surface area (Å²) in [4.78, 5) is 25.2. The number of fused-ring (bicyclic) bond motifs is 1. The van der Waals surface area contributed by atoms with Crippen molar-refractivity contribution in [3.8, 4) is 5.75 Å². The predicted octanol–water partition coefficient (Wildman–Crippen LogP) is 1.81. The van der Waals surface area contributed by atoms with E-state index in [-0.39, 0.29) is 60.3 Å². The van der Waals surface area contributed by atoms with Crippen molar-refractivity contribution in [1.29, 1.82) is 0 Å². The molecule has 9 nitrogen and oxygen atoms in total. The van der Waals surface area contributed by atoms with Crippen molar-refractivity contribution in [3.63, 3.8) is 0 Å². The van der Waals surface area contributed by atoms with Gasteiger partial charge in [-0.05, 0) is 24.3 Å². The van der Waals surface area contributed by atoms with Gasteiger partial charge in [-0.2, -0.15) is 4.31 Å². The van der Waals surface area contributed by atoms with Crippen LogP contribution < -0.4 is 10.1 Å². The molecule has 1 N–H and O–H groups in total. The van der Waals surface area contributed by atoms with Crippen molar-refractivity contribution < 1.29 is 27.2 Å². The van der Waals surface area contributed by atoms with Crippen LogP contribution in [-0.2, 0) is 19.6 Å². The van der Waals surface area contributed by atoms with Gasteiger partial charge in [0.15, 0.2) is 6.61 Å². The zero-order valence-corrected chi connectivity index (χ0v) is 17.3. The van der Waals surface area contributed by atoms with Crippen LogP contribution in [0.25, 0.3) is 6.08 Å². The number of carbonyl (C=O) groups excluding carboxylic acids is 2. The van der Waals surface area contributed by atoms with Gasteiger partial charge in [0.25, 0.3) is 5.91 Å². The van der Waals surface area contributed by atoms with E-state index in [0.717, 1.165) is 0 Å². The summed E-state index contributed by atoms with van der Waals surface area (Å²) in [5.41, 5.74) is 0.328. The number of benzene rings is 1. The van der Waals surface area contributed by atoms with Gasteiger partial charge in [-0.15, -0.1) is 0 Å². The lowest BCUT2D eigenvalue weighted by Crippen LogP contribution is -2.50. The fourth-order valence-electron chi connectivity index (χ4n) is 3.21. The largest absolute Gasteiger partial charge is 0.482 e. The minimum atomic E-state index is -3.90. The van der Waals surface area contributed by atoms with Crippen molar-refractivity contribution in [2.75, 3.05) is 38.1 Å². The summed E-state index contributed by atoms with van der Waals surface area (Å²) in [6, 6.07) is 6.13. The molecule has 0 radical (unpaired) electrons. The number of anilines is 1. The molecule has 0 spiro atoms. The maximum atomic E-state index is 13.1. The van der Waals surface area contributed by atoms with Crippen molar-refractivity contribution in [2.24, 2.45) is 0 Å². The fraction of sp³-hybridized carbons (Fsp3) is 0.263. The Morgan fingerprint density at radius 3 is 2.67 bits per heavy atom. The molecule has 0 saturated carbocycles. The molecular formula is C19H18ClN3O6S. The standard InChI is InChI=1S/C19H18ClN3O6S/c20-14-10-15-16(29-12-18(24)21-15)11-17(14)30(26,27)23-7-5-22(6-8-23)19(25)4-3-13-2-1-9-28-13/h1-4,9-11H,5-8,12H2,(H,21,24). The Morgan fingerprint density at radius 2 is 1.97 bits per heavy atom. The molecule has 1 aromatic carbocycles. The summed E-state index contributed by atoms with van der Waals surface area (Å²) in [6.45, 7) is 0.563. The van der Waals surface area contributed by atoms with E-state index in [9.17, 15) is 18.0 Å². The average molecular weight is 452 g/mol. The van der Waals surface area contributed by atoms with Gasteiger partial charge >= 0.3 is 0 Å². The SMILES string of the molecule is O=C1COc2cc(S(=O)(=O)N3CCN(C(=O)C=Cc4ccco4)CC3)c(Cl)cc2N1. The minimum Gasteiger partial charge on any atom is -0.482 e. The van der Waals surface area contributed by atoms with Crippen LogP contribution >= 0.6 is 11.6 Å². The topological polar surface area (TPSA) is 109 Å². The lowest BCUT2D eigenvalue weighted by Gasteiger charge is -2.33. The first kappa shape index (κ1) is 20.5. The monoisotopic (exact) mass is 451 g/mol. The second kappa shape index (κ2) is 8.13. The lowest BCUT2D eigenvalue weighted by molar-refractivity contribution is -0.127. The molecule has 0 atom stereocenters. The highest BCUT2D eigenvalue weighted by Gasteiger charge is 2.32. The molecular weight excluding hydrogens is 434 g/mol. The van der Waals surface area contributed by atoms with E-state index < -0.39 is 10.0 Å². The van der Waals surface area contributed by atoms with Crippen LogP contribution in [-0.4, -0.2) is 62.2 Å². The highest BCUT2D eigenvalue weighted by molar-refractivity contribution is 7.89. The van der Waals surface area contributed by atoms with Crippen molar-refractivity contribution in [3.05, 3.63) is 47.4 Å². The van der Waals surface area contributed by atoms with E-state index >= 15 is 0 Å². The average Bonchev–Trinajstić information content (AvgIpc) is 3.25. The zero-order chi connectivity index (χ0) is 21.3. The first-order valence-electron chi connectivity index (χ1n) is 9.11. The van der Waals surface area contributed by atoms with Gasteiger partial charge < -0.3 is 19.4 Å². The van der Waals surface area contributed by atoms with Gasteiger partial charge in [-0.1, -0.05) is 11.6 Å². The van der Waals surface area contributed by atoms with E-state index in [1.807, 2.05) is 0 Å². The van der Waals surface area contributed by atoms with Gasteiger partial charge in [0.2, 0.25) is 15.9 Å². The second-order valence-corrected chi connectivity index (χ2v) is 9.01. The van der Waals surface area contributed by atoms with E-state index in [4.69, 9.17) is 20.8 Å². The first-order chi connectivity index (χ1) is 14.3. The molecule has 1 aromatic heterocycles. The fourth-order valence-corrected chi connectivity index (χ4v) is 5.15. The number of nitrogens with one attached hydrogen (secondary N) is 1. The van der Waals surface area contributed by atoms with Crippen LogP contribution in [0, 0.1) is 0 Å². The number of hydrogen-bond acceptors (Lipinski definition) is 6. The molecule has 3 heterocycles. The van der Waals surface area contributed by atoms with Crippen LogP contribution in [0.1, 0.15) is 5.76 Å². The summed E-state index contributed by atoms with van der Waals surface area (Å²) in [6.07, 6.45) is 4.48. The molecule has 2 aliphatic heterocycles. The van der Waals surface area contributed by atoms with E-state index in [0.29, 0.717) is 11.4 Å². The number of rotatable bonds is 4. The van der Waals surface area contributed by atoms with Crippen LogP contribution in [0.4, 0.5) is 5.69 Å². The lowest BCUT2D eigenvalue weighted by atomic mass is 10.2. The molecule has 11 heteroatoms. The Hall–Kier alpha value is -2.82. The zero-order valence-electron chi connectivity index (χ0n) is 15.7. The molecule has 30 heavy (non-hydrogen) atoms. The third-order valence-electron chi connectivity index (χ3n) is 4.77. The van der Waals surface area contributed by atoms with E-state index in [2.05, 4.69) is 5.32 Å². The smallest absolute Gasteiger partial charge is 0.262 e. The third-order valence-corrected chi connectivity index (χ3v) is 7.13. The number of piperazine rings is 1. The number of amides is 2. The number of nitrogens with zero attached hydrogens (tertiary/aromatic N) is 2. The summed E-state index contributed by atoms with van der Waals surface area (Å²) >= 11 is 6.19. The van der Waals surface area contributed by atoms with Crippen LogP contribution in [0.5, 0.6) is 5.75 Å². The predicted molar refractivity (Wildman–Crippen MR) is 109 cm³/mol. The van der Waals surface area contributed by atoms with Crippen LogP contribution in [0.3, 0.4) is 0 Å². The molecule has 1 saturated heterocycles. The second-order valence-electron chi connectivity index (χ2n) is 6.69. The number of hydrogen-bond donors (Lipinski definition) is 1. The van der Waals surface area contributed by atoms with Gasteiger partial charge in [0, 0.05) is 38.3 Å². The molecule has 0 unspecified atom stereocenters. The summed E-state index contributed by atoms with van der Waals surface area (Å²) < 4.78 is 37.9. The summed E-state index contributed by atoms with van der Waals surface area (Å²) in [5, 5.41) is 2.57. The van der Waals surface area contributed by atoms with E-state index in [1.54, 1.807) is 23.1 Å². The molecule has 0 bridgehead atoms. The number of furan rings is 1. The van der Waals surface area contributed by atoms with Gasteiger partial charge in [0.1, 0.15) is 16.4 Å². The maximum Gasteiger partial charge on any atom is 0.262 e. The molecule has 158 valence electrons. The molecule has 1 fully saturated rings. The van der Waals surface area contributed by atoms with Gasteiger partial charge in [-0.25, -0.2) is 8.42 Å². The Morgan fingerprint density at radius 1 is 1.20 bits per heavy atom. The molecule has 2 aliphatic rings. The molecule has 2 amide bonds. The Labute approximate surface area is 177 Å². The third kappa shape index (κ3) is 4.07. The normalized spacial score (nSPS) is 17.5. The van der Waals surface area contributed by atoms with Crippen LogP contribution in [0.15, 0.2) is 45.9 Å². The highest BCUT2D eigenvalue weighted by Crippen LogP contribution is 2.36.